The van der Waals surface area contributed by atoms with Crippen molar-refractivity contribution in [2.75, 3.05) is 0 Å². The summed E-state index contributed by atoms with van der Waals surface area (Å²) >= 11 is 0. The van der Waals surface area contributed by atoms with E-state index in [9.17, 15) is 55.2 Å². The van der Waals surface area contributed by atoms with Crippen LogP contribution in [-0.4, -0.2) is 102 Å². The minimum atomic E-state index is -3.83. The fraction of sp³-hybridized carbons (Fsp3) is 0.440. The van der Waals surface area contributed by atoms with Crippen molar-refractivity contribution in [3.8, 4) is 0 Å². The van der Waals surface area contributed by atoms with Gasteiger partial charge in [0.15, 0.2) is 12.2 Å². The number of allylic oxidation sites excluding steroid dienone is 1. The number of nitro groups is 2. The van der Waals surface area contributed by atoms with E-state index in [2.05, 4.69) is 11.4 Å². The van der Waals surface area contributed by atoms with E-state index in [0.29, 0.717) is 12.8 Å². The molecule has 0 spiro atoms. The number of carbonyl (C=O) groups is 5. The molecule has 0 radical (unpaired) electrons. The molecule has 2 bridgehead atoms. The molecule has 21 heteroatoms. The minimum absolute atomic E-state index is 0.0996. The van der Waals surface area contributed by atoms with E-state index in [0.717, 1.165) is 42.3 Å². The Kier molecular flexibility index (Phi) is 18.1. The second-order valence-electron chi connectivity index (χ2n) is 17.8. The van der Waals surface area contributed by atoms with Gasteiger partial charge in [-0.15, -0.1) is 0 Å². The second-order valence-corrected chi connectivity index (χ2v) is 17.8. The third-order valence-corrected chi connectivity index (χ3v) is 12.5. The Bertz CT molecular complexity index is 2550. The van der Waals surface area contributed by atoms with Crippen LogP contribution in [0.15, 0.2) is 103 Å². The van der Waals surface area contributed by atoms with Gasteiger partial charge in [0.25, 0.3) is 22.8 Å². The van der Waals surface area contributed by atoms with Crippen LogP contribution in [0.3, 0.4) is 0 Å². The van der Waals surface area contributed by atoms with Gasteiger partial charge in [0, 0.05) is 49.6 Å². The molecule has 2 aliphatic rings. The molecule has 3 aromatic rings. The molecule has 21 nitrogen and oxygen atoms in total. The standard InChI is InChI=1S/C50H56N4O17/c1-7-30(2)25-31(3)13-22-41(57)69-45-43(58)48(24-23-32(4)42(68-34(6)55)33(5)26-35-11-9-8-10-12-35)70-44(40(56)27-52-51)49(61,46(59)66-28-36-14-18-38(19-15-36)53(62)63)50(45,71-48)47(60)67-29-37-16-20-39(21-17-37)54(64)65/h8-22,27,30-31,33,42-45,58,61H,4,7,23-26,28-29H2,1-3,5-6H3/b22-13+/t30-,31+,33+,42+,43+,44+,45+,48-,49+,50-/m0/s1. The zero-order valence-corrected chi connectivity index (χ0v) is 39.7. The number of benzene rings is 3. The topological polar surface area (TPSA) is 304 Å². The van der Waals surface area contributed by atoms with Gasteiger partial charge in [-0.05, 0) is 77.6 Å². The summed E-state index contributed by atoms with van der Waals surface area (Å²) in [5.41, 5.74) is 2.92. The van der Waals surface area contributed by atoms with Gasteiger partial charge in [-0.2, -0.15) is 4.79 Å². The van der Waals surface area contributed by atoms with Crippen LogP contribution < -0.4 is 0 Å². The maximum atomic E-state index is 15.1. The van der Waals surface area contributed by atoms with Crippen molar-refractivity contribution in [2.45, 2.75) is 121 Å². The summed E-state index contributed by atoms with van der Waals surface area (Å²) < 4.78 is 35.2. The molecule has 5 rings (SSSR count). The highest BCUT2D eigenvalue weighted by molar-refractivity contribution is 6.29. The van der Waals surface area contributed by atoms with Gasteiger partial charge in [-0.3, -0.25) is 29.8 Å². The van der Waals surface area contributed by atoms with Gasteiger partial charge in [-0.25, -0.2) is 14.4 Å². The summed E-state index contributed by atoms with van der Waals surface area (Å²) in [4.78, 5) is 94.6. The Balaban J connectivity index is 1.67. The van der Waals surface area contributed by atoms with Crippen LogP contribution in [0.5, 0.6) is 0 Å². The molecule has 3 aromatic carbocycles. The number of aliphatic hydroxyl groups excluding tert-OH is 1. The van der Waals surface area contributed by atoms with Crippen LogP contribution in [0.4, 0.5) is 11.4 Å². The van der Waals surface area contributed by atoms with Crippen LogP contribution in [-0.2, 0) is 72.0 Å². The molecule has 0 saturated carbocycles. The zero-order chi connectivity index (χ0) is 52.3. The number of ether oxygens (including phenoxy) is 6. The van der Waals surface area contributed by atoms with E-state index in [-0.39, 0.29) is 52.5 Å². The van der Waals surface area contributed by atoms with Gasteiger partial charge in [0.2, 0.25) is 11.4 Å². The molecule has 10 atom stereocenters. The predicted octanol–water partition coefficient (Wildman–Crippen LogP) is 5.80. The molecule has 0 aromatic heterocycles. The highest BCUT2D eigenvalue weighted by Crippen LogP contribution is 2.57. The average Bonchev–Trinajstić information content (AvgIpc) is 3.55. The van der Waals surface area contributed by atoms with Gasteiger partial charge >= 0.3 is 30.1 Å². The van der Waals surface area contributed by atoms with E-state index < -0.39 is 106 Å². The lowest BCUT2D eigenvalue weighted by molar-refractivity contribution is -0.385. The number of fused-ring (bicyclic) bond motifs is 2. The maximum absolute atomic E-state index is 15.1. The normalized spacial score (nSPS) is 24.0. The van der Waals surface area contributed by atoms with Crippen molar-refractivity contribution < 1.29 is 77.2 Å². The Morgan fingerprint density at radius 1 is 0.887 bits per heavy atom. The Morgan fingerprint density at radius 2 is 1.45 bits per heavy atom. The third kappa shape index (κ3) is 12.4. The van der Waals surface area contributed by atoms with E-state index >= 15 is 4.79 Å². The number of carbonyl (C=O) groups excluding carboxylic acids is 5. The maximum Gasteiger partial charge on any atom is 0.346 e. The molecule has 2 aliphatic heterocycles. The van der Waals surface area contributed by atoms with E-state index in [1.165, 1.54) is 37.3 Å². The van der Waals surface area contributed by atoms with Crippen molar-refractivity contribution in [1.82, 2.24) is 0 Å². The minimum Gasteiger partial charge on any atom is -0.459 e. The number of ketones is 1. The van der Waals surface area contributed by atoms with Crippen LogP contribution in [0.25, 0.3) is 5.53 Å². The predicted molar refractivity (Wildman–Crippen MR) is 248 cm³/mol. The Hall–Kier alpha value is -7.29. The molecule has 0 aliphatic carbocycles. The molecule has 71 heavy (non-hydrogen) atoms. The molecular formula is C50H56N4O17. The number of non-ortho nitro benzene ring substituents is 2. The van der Waals surface area contributed by atoms with Crippen molar-refractivity contribution >= 4 is 47.2 Å². The number of hydrogen-bond donors (Lipinski definition) is 2. The lowest BCUT2D eigenvalue weighted by atomic mass is 9.73. The van der Waals surface area contributed by atoms with Gasteiger partial charge in [0.05, 0.1) is 9.85 Å². The number of Topliss-reactive ketones (excluding diaryl/α,β-unsaturated/α-hetero) is 1. The lowest BCUT2D eigenvalue weighted by Crippen LogP contribution is -2.78. The van der Waals surface area contributed by atoms with Crippen molar-refractivity contribution in [3.05, 3.63) is 146 Å². The van der Waals surface area contributed by atoms with E-state index in [1.807, 2.05) is 51.1 Å². The molecule has 0 amide bonds. The Morgan fingerprint density at radius 3 is 1.97 bits per heavy atom. The summed E-state index contributed by atoms with van der Waals surface area (Å²) in [5.74, 6) is -10.1. The summed E-state index contributed by atoms with van der Waals surface area (Å²) in [5, 5.41) is 48.3. The van der Waals surface area contributed by atoms with E-state index in [1.54, 1.807) is 6.92 Å². The van der Waals surface area contributed by atoms with Gasteiger partial charge < -0.3 is 44.2 Å². The third-order valence-electron chi connectivity index (χ3n) is 12.5. The first kappa shape index (κ1) is 54.6. The zero-order valence-electron chi connectivity index (χ0n) is 39.7. The number of hydrogen-bond acceptors (Lipinski definition) is 17. The number of esters is 4. The van der Waals surface area contributed by atoms with Crippen LogP contribution >= 0.6 is 0 Å². The summed E-state index contributed by atoms with van der Waals surface area (Å²) in [7, 11) is 0. The summed E-state index contributed by atoms with van der Waals surface area (Å²) in [6.07, 6.45) is -4.93. The summed E-state index contributed by atoms with van der Waals surface area (Å²) in [6, 6.07) is 18.5. The number of nitro benzene ring substituents is 2. The van der Waals surface area contributed by atoms with Crippen LogP contribution in [0, 0.1) is 38.0 Å². The largest absolute Gasteiger partial charge is 0.459 e. The fourth-order valence-electron chi connectivity index (χ4n) is 8.66. The lowest BCUT2D eigenvalue weighted by Gasteiger charge is -2.50. The quantitative estimate of drug-likeness (QED) is 0.0123. The van der Waals surface area contributed by atoms with Crippen molar-refractivity contribution in [2.24, 2.45) is 17.8 Å². The molecule has 0 unspecified atom stereocenters. The highest BCUT2D eigenvalue weighted by Gasteiger charge is 2.86. The molecular weight excluding hydrogens is 929 g/mol. The van der Waals surface area contributed by atoms with Crippen LogP contribution in [0.1, 0.15) is 77.0 Å². The second kappa shape index (κ2) is 23.5. The monoisotopic (exact) mass is 984 g/mol. The molecule has 2 fully saturated rings. The number of aliphatic hydroxyl groups is 2. The number of nitrogens with zero attached hydrogens (tertiary/aromatic N) is 4. The average molecular weight is 985 g/mol. The molecule has 2 saturated heterocycles. The SMILES string of the molecule is C=C(CC[C@]12O[C@H](C(=O)C=[N+]=[N-])[C@@](O)(C(=O)OCc3ccc([N+](=O)[O-])cc3)[C@](C(=O)OCc3ccc([N+](=O)[O-])cc3)(O1)[C@H](OC(=O)/C=C/[C@@H](C)C[C@@H](C)CC)[C@H]2O)[C@@H](OC(C)=O)[C@H](C)Cc1ccccc1. The van der Waals surface area contributed by atoms with Crippen LogP contribution in [0.2, 0.25) is 0 Å². The molecule has 2 heterocycles. The highest BCUT2D eigenvalue weighted by atomic mass is 16.8. The van der Waals surface area contributed by atoms with Crippen molar-refractivity contribution in [3.63, 3.8) is 0 Å². The fourth-order valence-corrected chi connectivity index (χ4v) is 8.66. The number of rotatable bonds is 24. The van der Waals surface area contributed by atoms with Gasteiger partial charge in [-0.1, -0.05) is 77.1 Å². The Labute approximate surface area is 408 Å². The molecule has 2 N–H and O–H groups in total. The van der Waals surface area contributed by atoms with Crippen molar-refractivity contribution in [1.29, 1.82) is 0 Å². The molecule has 378 valence electrons. The first-order chi connectivity index (χ1) is 33.6. The smallest absolute Gasteiger partial charge is 0.346 e. The first-order valence-electron chi connectivity index (χ1n) is 22.7. The van der Waals surface area contributed by atoms with Gasteiger partial charge in [0.1, 0.15) is 25.4 Å². The first-order valence-corrected chi connectivity index (χ1v) is 22.7. The summed E-state index contributed by atoms with van der Waals surface area (Å²) in [6.45, 7) is 11.4. The van der Waals surface area contributed by atoms with E-state index in [4.69, 9.17) is 28.4 Å².